The summed E-state index contributed by atoms with van der Waals surface area (Å²) in [6.07, 6.45) is 0.746. The first-order valence-electron chi connectivity index (χ1n) is 12.2. The van der Waals surface area contributed by atoms with Crippen LogP contribution in [0.25, 0.3) is 0 Å². The number of morpholine rings is 1. The minimum atomic E-state index is -0.629. The molecule has 0 spiro atoms. The van der Waals surface area contributed by atoms with Gasteiger partial charge in [0.25, 0.3) is 5.91 Å². The van der Waals surface area contributed by atoms with Gasteiger partial charge >= 0.3 is 0 Å². The number of thiazole rings is 1. The Morgan fingerprint density at radius 2 is 1.80 bits per heavy atom. The number of hydrogen-bond donors (Lipinski definition) is 1. The number of carbonyl (C=O) groups excluding carboxylic acids is 2. The number of ketones is 1. The van der Waals surface area contributed by atoms with Gasteiger partial charge in [-0.15, -0.1) is 11.3 Å². The summed E-state index contributed by atoms with van der Waals surface area (Å²) in [4.78, 5) is 35.7. The number of hydrogen-bond acceptors (Lipinski definition) is 7. The number of rotatable bonds is 7. The van der Waals surface area contributed by atoms with Gasteiger partial charge in [-0.2, -0.15) is 0 Å². The van der Waals surface area contributed by atoms with E-state index in [2.05, 4.69) is 30.7 Å². The van der Waals surface area contributed by atoms with E-state index in [4.69, 9.17) is 4.74 Å². The zero-order valence-corrected chi connectivity index (χ0v) is 22.1. The maximum atomic E-state index is 13.7. The van der Waals surface area contributed by atoms with E-state index < -0.39 is 17.7 Å². The van der Waals surface area contributed by atoms with Gasteiger partial charge in [-0.1, -0.05) is 45.0 Å². The van der Waals surface area contributed by atoms with E-state index in [1.807, 2.05) is 31.2 Å². The summed E-state index contributed by atoms with van der Waals surface area (Å²) in [6.45, 7) is 14.6. The number of carbonyl (C=O) groups is 2. The molecule has 2 aliphatic rings. The number of aliphatic hydroxyl groups excluding tert-OH is 1. The Morgan fingerprint density at radius 3 is 2.37 bits per heavy atom. The molecule has 8 heteroatoms. The van der Waals surface area contributed by atoms with Gasteiger partial charge in [0, 0.05) is 26.2 Å². The lowest BCUT2D eigenvalue weighted by molar-refractivity contribution is -0.129. The van der Waals surface area contributed by atoms with Gasteiger partial charge in [0.15, 0.2) is 5.76 Å². The molecule has 0 radical (unpaired) electrons. The Balaban J connectivity index is 1.66. The number of benzene rings is 1. The van der Waals surface area contributed by atoms with Crippen LogP contribution < -0.4 is 0 Å². The molecule has 7 nitrogen and oxygen atoms in total. The van der Waals surface area contributed by atoms with E-state index in [0.29, 0.717) is 17.1 Å². The molecule has 1 amide bonds. The van der Waals surface area contributed by atoms with Gasteiger partial charge in [0.2, 0.25) is 5.78 Å². The number of Topliss-reactive ketones (excluding diaryl/α,β-unsaturated/α-hetero) is 1. The molecule has 2 aromatic rings. The first-order valence-corrected chi connectivity index (χ1v) is 13.0. The summed E-state index contributed by atoms with van der Waals surface area (Å²) in [5, 5.41) is 11.7. The molecule has 1 N–H and O–H groups in total. The van der Waals surface area contributed by atoms with E-state index in [-0.39, 0.29) is 16.8 Å². The molecule has 0 saturated carbocycles. The third-order valence-electron chi connectivity index (χ3n) is 6.73. The molecular weight excluding hydrogens is 462 g/mol. The van der Waals surface area contributed by atoms with Crippen LogP contribution in [-0.4, -0.2) is 71.0 Å². The Hall–Kier alpha value is -2.55. The highest BCUT2D eigenvalue weighted by atomic mass is 32.1. The van der Waals surface area contributed by atoms with Crippen LogP contribution in [0.1, 0.15) is 64.7 Å². The summed E-state index contributed by atoms with van der Waals surface area (Å²) >= 11 is 1.30. The maximum Gasteiger partial charge on any atom is 0.290 e. The predicted molar refractivity (Wildman–Crippen MR) is 137 cm³/mol. The van der Waals surface area contributed by atoms with Gasteiger partial charge in [-0.25, -0.2) is 4.98 Å². The van der Waals surface area contributed by atoms with Gasteiger partial charge in [0.1, 0.15) is 0 Å². The van der Waals surface area contributed by atoms with Crippen LogP contribution >= 0.6 is 11.3 Å². The van der Waals surface area contributed by atoms with Crippen LogP contribution in [0.5, 0.6) is 0 Å². The van der Waals surface area contributed by atoms with Crippen molar-refractivity contribution in [2.24, 2.45) is 0 Å². The quantitative estimate of drug-likeness (QED) is 0.573. The summed E-state index contributed by atoms with van der Waals surface area (Å²) in [5.74, 6) is -1.25. The van der Waals surface area contributed by atoms with Crippen LogP contribution in [0.3, 0.4) is 0 Å². The molecule has 0 bridgehead atoms. The second kappa shape index (κ2) is 10.2. The topological polar surface area (TPSA) is 83.0 Å². The molecule has 3 heterocycles. The average molecular weight is 498 g/mol. The van der Waals surface area contributed by atoms with Gasteiger partial charge < -0.3 is 14.7 Å². The molecule has 0 aliphatic carbocycles. The van der Waals surface area contributed by atoms with Crippen LogP contribution in [-0.2, 0) is 14.9 Å². The van der Waals surface area contributed by atoms with Gasteiger partial charge in [-0.3, -0.25) is 14.5 Å². The van der Waals surface area contributed by atoms with Gasteiger partial charge in [-0.05, 0) is 36.8 Å². The second-order valence-electron chi connectivity index (χ2n) is 10.3. The highest BCUT2D eigenvalue weighted by molar-refractivity contribution is 7.14. The molecule has 4 rings (SSSR count). The fraction of sp³-hybridized carbons (Fsp3) is 0.519. The van der Waals surface area contributed by atoms with Crippen molar-refractivity contribution in [1.82, 2.24) is 14.8 Å². The van der Waals surface area contributed by atoms with Crippen molar-refractivity contribution >= 4 is 23.0 Å². The van der Waals surface area contributed by atoms with E-state index in [1.165, 1.54) is 16.9 Å². The fourth-order valence-electron chi connectivity index (χ4n) is 4.78. The molecule has 1 aromatic carbocycles. The minimum Gasteiger partial charge on any atom is -0.503 e. The number of ether oxygens (including phenoxy) is 1. The zero-order valence-electron chi connectivity index (χ0n) is 21.3. The van der Waals surface area contributed by atoms with E-state index >= 15 is 0 Å². The first kappa shape index (κ1) is 25.5. The van der Waals surface area contributed by atoms with Crippen LogP contribution in [0.15, 0.2) is 35.6 Å². The normalized spacial score (nSPS) is 19.6. The van der Waals surface area contributed by atoms with E-state index in [0.717, 1.165) is 49.8 Å². The lowest BCUT2D eigenvalue weighted by Crippen LogP contribution is -2.39. The predicted octanol–water partition coefficient (Wildman–Crippen LogP) is 4.36. The molecule has 1 fully saturated rings. The summed E-state index contributed by atoms with van der Waals surface area (Å²) < 4.78 is 5.43. The monoisotopic (exact) mass is 497 g/mol. The number of aromatic nitrogens is 1. The fourth-order valence-corrected chi connectivity index (χ4v) is 5.66. The highest BCUT2D eigenvalue weighted by Crippen LogP contribution is 2.40. The molecule has 1 atom stereocenters. The Labute approximate surface area is 211 Å². The molecule has 188 valence electrons. The van der Waals surface area contributed by atoms with Crippen molar-refractivity contribution in [2.45, 2.75) is 52.5 Å². The zero-order chi connectivity index (χ0) is 25.3. The van der Waals surface area contributed by atoms with Crippen LogP contribution in [0, 0.1) is 13.8 Å². The minimum absolute atomic E-state index is 0.0181. The third kappa shape index (κ3) is 5.34. The van der Waals surface area contributed by atoms with Gasteiger partial charge in [0.05, 0.1) is 40.4 Å². The standard InChI is InChI=1S/C27H35N3O4S/c1-17-25(35-18(2)28-17)23(31)21-22(19-7-9-20(10-8-19)27(3,4)5)30(26(33)24(21)32)12-6-11-29-13-15-34-16-14-29/h7-10,22,32H,6,11-16H2,1-5H3/t22-/m0/s1. The maximum absolute atomic E-state index is 13.7. The molecule has 35 heavy (non-hydrogen) atoms. The van der Waals surface area contributed by atoms with Crippen LogP contribution in [0.4, 0.5) is 0 Å². The molecular formula is C27H35N3O4S. The average Bonchev–Trinajstić information content (AvgIpc) is 3.29. The Kier molecular flexibility index (Phi) is 7.45. The van der Waals surface area contributed by atoms with Crippen LogP contribution in [0.2, 0.25) is 0 Å². The van der Waals surface area contributed by atoms with E-state index in [1.54, 1.807) is 11.8 Å². The van der Waals surface area contributed by atoms with Crippen molar-refractivity contribution < 1.29 is 19.4 Å². The smallest absolute Gasteiger partial charge is 0.290 e. The Morgan fingerprint density at radius 1 is 1.14 bits per heavy atom. The SMILES string of the molecule is Cc1nc(C)c(C(=O)C2=C(O)C(=O)N(CCCN3CCOCC3)[C@H]2c2ccc(C(C)(C)C)cc2)s1. The summed E-state index contributed by atoms with van der Waals surface area (Å²) in [7, 11) is 0. The first-order chi connectivity index (χ1) is 16.6. The third-order valence-corrected chi connectivity index (χ3v) is 7.80. The lowest BCUT2D eigenvalue weighted by Gasteiger charge is -2.30. The molecule has 1 aromatic heterocycles. The molecule has 1 saturated heterocycles. The number of aliphatic hydroxyl groups is 1. The van der Waals surface area contributed by atoms with Crippen molar-refractivity contribution in [3.63, 3.8) is 0 Å². The van der Waals surface area contributed by atoms with Crippen molar-refractivity contribution in [2.75, 3.05) is 39.4 Å². The number of amides is 1. The van der Waals surface area contributed by atoms with Crippen molar-refractivity contribution in [3.05, 3.63) is 62.3 Å². The van der Waals surface area contributed by atoms with Crippen molar-refractivity contribution in [1.29, 1.82) is 0 Å². The second-order valence-corrected chi connectivity index (χ2v) is 11.5. The number of aryl methyl sites for hydroxylation is 2. The largest absolute Gasteiger partial charge is 0.503 e. The van der Waals surface area contributed by atoms with Crippen molar-refractivity contribution in [3.8, 4) is 0 Å². The molecule has 2 aliphatic heterocycles. The molecule has 0 unspecified atom stereocenters. The summed E-state index contributed by atoms with van der Waals surface area (Å²) in [5.41, 5.74) is 2.74. The summed E-state index contributed by atoms with van der Waals surface area (Å²) in [6, 6.07) is 7.42. The Bertz CT molecular complexity index is 1120. The number of nitrogens with zero attached hydrogens (tertiary/aromatic N) is 3. The highest BCUT2D eigenvalue weighted by Gasteiger charge is 2.44. The van der Waals surface area contributed by atoms with E-state index in [9.17, 15) is 14.7 Å². The lowest BCUT2D eigenvalue weighted by atomic mass is 9.85.